The molecule has 1 unspecified atom stereocenters. The van der Waals surface area contributed by atoms with Crippen LogP contribution in [0.15, 0.2) is 53.3 Å². The first-order valence-corrected chi connectivity index (χ1v) is 10.6. The molecule has 2 heterocycles. The summed E-state index contributed by atoms with van der Waals surface area (Å²) in [5.74, 6) is 0.424. The zero-order valence-electron chi connectivity index (χ0n) is 16.5. The number of ether oxygens (including phenoxy) is 1. The molecule has 0 radical (unpaired) electrons. The number of nitrogens with zero attached hydrogens (tertiary/aromatic N) is 2. The second kappa shape index (κ2) is 8.71. The Kier molecular flexibility index (Phi) is 5.85. The fourth-order valence-electron chi connectivity index (χ4n) is 3.43. The van der Waals surface area contributed by atoms with Crippen LogP contribution in [0.3, 0.4) is 0 Å². The number of benzene rings is 2. The van der Waals surface area contributed by atoms with Gasteiger partial charge in [-0.05, 0) is 36.6 Å². The summed E-state index contributed by atoms with van der Waals surface area (Å²) >= 11 is 1.02. The average molecular weight is 423 g/mol. The SMILES string of the molecule is CCc1nn(CCOc2ccc(CC3SC(=O)NC3=O)cc2)c(=O)c2ccccc12. The highest BCUT2D eigenvalue weighted by atomic mass is 32.2. The quantitative estimate of drug-likeness (QED) is 0.628. The highest BCUT2D eigenvalue weighted by Crippen LogP contribution is 2.24. The summed E-state index contributed by atoms with van der Waals surface area (Å²) in [7, 11) is 0. The van der Waals surface area contributed by atoms with Crippen molar-refractivity contribution in [1.82, 2.24) is 15.1 Å². The molecule has 0 bridgehead atoms. The normalized spacial score (nSPS) is 16.1. The highest BCUT2D eigenvalue weighted by Gasteiger charge is 2.31. The maximum Gasteiger partial charge on any atom is 0.286 e. The van der Waals surface area contributed by atoms with Crippen LogP contribution >= 0.6 is 11.8 Å². The molecular formula is C22H21N3O4S. The van der Waals surface area contributed by atoms with Gasteiger partial charge in [-0.1, -0.05) is 49.0 Å². The maximum absolute atomic E-state index is 12.7. The topological polar surface area (TPSA) is 90.3 Å². The number of aryl methyl sites for hydroxylation is 1. The van der Waals surface area contributed by atoms with Crippen molar-refractivity contribution < 1.29 is 14.3 Å². The van der Waals surface area contributed by atoms with E-state index in [1.54, 1.807) is 0 Å². The average Bonchev–Trinajstić information content (AvgIpc) is 3.07. The zero-order chi connectivity index (χ0) is 21.1. The summed E-state index contributed by atoms with van der Waals surface area (Å²) in [6.07, 6.45) is 1.23. The monoisotopic (exact) mass is 423 g/mol. The van der Waals surface area contributed by atoms with Crippen LogP contribution in [-0.4, -0.2) is 32.8 Å². The molecule has 1 saturated heterocycles. The molecule has 2 amide bonds. The van der Waals surface area contributed by atoms with Gasteiger partial charge in [0, 0.05) is 5.39 Å². The zero-order valence-corrected chi connectivity index (χ0v) is 17.3. The summed E-state index contributed by atoms with van der Waals surface area (Å²) in [4.78, 5) is 35.6. The number of imide groups is 1. The lowest BCUT2D eigenvalue weighted by molar-refractivity contribution is -0.118. The summed E-state index contributed by atoms with van der Waals surface area (Å²) in [6, 6.07) is 14.9. The van der Waals surface area contributed by atoms with Crippen LogP contribution in [0.4, 0.5) is 4.79 Å². The van der Waals surface area contributed by atoms with Gasteiger partial charge in [-0.2, -0.15) is 5.10 Å². The Hall–Kier alpha value is -3.13. The minimum absolute atomic E-state index is 0.122. The first-order valence-electron chi connectivity index (χ1n) is 9.77. The first kappa shape index (κ1) is 20.2. The van der Waals surface area contributed by atoms with Gasteiger partial charge in [-0.15, -0.1) is 0 Å². The van der Waals surface area contributed by atoms with E-state index in [1.807, 2.05) is 55.5 Å². The summed E-state index contributed by atoms with van der Waals surface area (Å²) in [5.41, 5.74) is 1.72. The highest BCUT2D eigenvalue weighted by molar-refractivity contribution is 8.15. The van der Waals surface area contributed by atoms with Crippen molar-refractivity contribution in [3.05, 3.63) is 70.1 Å². The minimum atomic E-state index is -0.386. The van der Waals surface area contributed by atoms with Gasteiger partial charge in [0.25, 0.3) is 10.8 Å². The molecule has 8 heteroatoms. The van der Waals surface area contributed by atoms with E-state index in [0.29, 0.717) is 30.7 Å². The lowest BCUT2D eigenvalue weighted by atomic mass is 10.1. The molecule has 1 aromatic heterocycles. The number of aromatic nitrogens is 2. The number of amides is 2. The summed E-state index contributed by atoms with van der Waals surface area (Å²) < 4.78 is 7.24. The number of rotatable bonds is 7. The van der Waals surface area contributed by atoms with E-state index in [4.69, 9.17) is 4.74 Å². The Bertz CT molecular complexity index is 1160. The van der Waals surface area contributed by atoms with Crippen molar-refractivity contribution in [2.75, 3.05) is 6.61 Å². The van der Waals surface area contributed by atoms with Crippen LogP contribution in [0.5, 0.6) is 5.75 Å². The van der Waals surface area contributed by atoms with Crippen molar-refractivity contribution >= 4 is 33.7 Å². The van der Waals surface area contributed by atoms with Crippen LogP contribution < -0.4 is 15.6 Å². The second-order valence-corrected chi connectivity index (χ2v) is 8.13. The van der Waals surface area contributed by atoms with E-state index in [1.165, 1.54) is 4.68 Å². The van der Waals surface area contributed by atoms with Gasteiger partial charge in [-0.3, -0.25) is 19.7 Å². The smallest absolute Gasteiger partial charge is 0.286 e. The van der Waals surface area contributed by atoms with E-state index in [2.05, 4.69) is 10.4 Å². The van der Waals surface area contributed by atoms with Crippen LogP contribution in [0, 0.1) is 0 Å². The van der Waals surface area contributed by atoms with Crippen LogP contribution in [0.1, 0.15) is 18.2 Å². The molecule has 1 aliphatic heterocycles. The summed E-state index contributed by atoms with van der Waals surface area (Å²) in [6.45, 7) is 2.67. The number of thioether (sulfide) groups is 1. The molecule has 1 fully saturated rings. The Morgan fingerprint density at radius 2 is 1.80 bits per heavy atom. The number of hydrogen-bond acceptors (Lipinski definition) is 6. The molecule has 2 aromatic carbocycles. The standard InChI is InChI=1S/C22H21N3O4S/c1-2-18-16-5-3-4-6-17(16)21(27)25(24-18)11-12-29-15-9-7-14(8-10-15)13-19-20(26)23-22(28)30-19/h3-10,19H,2,11-13H2,1H3,(H,23,26,28). The molecule has 0 aliphatic carbocycles. The molecule has 4 rings (SSSR count). The predicted molar refractivity (Wildman–Crippen MR) is 116 cm³/mol. The third kappa shape index (κ3) is 4.23. The van der Waals surface area contributed by atoms with Gasteiger partial charge >= 0.3 is 0 Å². The molecule has 1 aliphatic rings. The molecule has 1 N–H and O–H groups in total. The summed E-state index contributed by atoms with van der Waals surface area (Å²) in [5, 5.41) is 7.66. The van der Waals surface area contributed by atoms with Gasteiger partial charge in [-0.25, -0.2) is 4.68 Å². The Morgan fingerprint density at radius 3 is 2.47 bits per heavy atom. The Labute approximate surface area is 177 Å². The first-order chi connectivity index (χ1) is 14.5. The fourth-order valence-corrected chi connectivity index (χ4v) is 4.29. The molecule has 0 spiro atoms. The maximum atomic E-state index is 12.7. The Balaban J connectivity index is 1.39. The van der Waals surface area contributed by atoms with E-state index in [0.717, 1.165) is 34.8 Å². The van der Waals surface area contributed by atoms with E-state index < -0.39 is 0 Å². The Morgan fingerprint density at radius 1 is 1.07 bits per heavy atom. The van der Waals surface area contributed by atoms with Crippen molar-refractivity contribution in [3.63, 3.8) is 0 Å². The van der Waals surface area contributed by atoms with E-state index >= 15 is 0 Å². The number of nitrogens with one attached hydrogen (secondary N) is 1. The van der Waals surface area contributed by atoms with Gasteiger partial charge in [0.15, 0.2) is 0 Å². The van der Waals surface area contributed by atoms with Crippen molar-refractivity contribution in [2.45, 2.75) is 31.6 Å². The van der Waals surface area contributed by atoms with Gasteiger partial charge in [0.2, 0.25) is 5.91 Å². The van der Waals surface area contributed by atoms with Crippen LogP contribution in [0.25, 0.3) is 10.8 Å². The minimum Gasteiger partial charge on any atom is -0.492 e. The van der Waals surface area contributed by atoms with Crippen molar-refractivity contribution in [3.8, 4) is 5.75 Å². The predicted octanol–water partition coefficient (Wildman–Crippen LogP) is 2.93. The number of fused-ring (bicyclic) bond motifs is 1. The van der Waals surface area contributed by atoms with Gasteiger partial charge < -0.3 is 4.74 Å². The van der Waals surface area contributed by atoms with Crippen molar-refractivity contribution in [2.24, 2.45) is 0 Å². The largest absolute Gasteiger partial charge is 0.492 e. The molecule has 3 aromatic rings. The lowest BCUT2D eigenvalue weighted by Gasteiger charge is -2.11. The molecule has 0 saturated carbocycles. The molecule has 1 atom stereocenters. The molecular weight excluding hydrogens is 402 g/mol. The third-order valence-electron chi connectivity index (χ3n) is 4.96. The lowest BCUT2D eigenvalue weighted by Crippen LogP contribution is -2.27. The van der Waals surface area contributed by atoms with E-state index in [-0.39, 0.29) is 22.0 Å². The van der Waals surface area contributed by atoms with Gasteiger partial charge in [0.05, 0.1) is 22.9 Å². The second-order valence-electron chi connectivity index (χ2n) is 6.95. The van der Waals surface area contributed by atoms with Crippen molar-refractivity contribution in [1.29, 1.82) is 0 Å². The number of carbonyl (C=O) groups is 2. The molecule has 7 nitrogen and oxygen atoms in total. The number of hydrogen-bond donors (Lipinski definition) is 1. The van der Waals surface area contributed by atoms with Gasteiger partial charge in [0.1, 0.15) is 12.4 Å². The van der Waals surface area contributed by atoms with E-state index in [9.17, 15) is 14.4 Å². The fraction of sp³-hybridized carbons (Fsp3) is 0.273. The molecule has 154 valence electrons. The third-order valence-corrected chi connectivity index (χ3v) is 5.94. The number of carbonyl (C=O) groups excluding carboxylic acids is 2. The molecule has 30 heavy (non-hydrogen) atoms. The van der Waals surface area contributed by atoms with Crippen LogP contribution in [-0.2, 0) is 24.2 Å². The van der Waals surface area contributed by atoms with Crippen LogP contribution in [0.2, 0.25) is 0 Å².